The fourth-order valence-corrected chi connectivity index (χ4v) is 5.05. The fourth-order valence-electron chi connectivity index (χ4n) is 5.05. The Hall–Kier alpha value is -2.28. The number of rotatable bonds is 9. The van der Waals surface area contributed by atoms with Gasteiger partial charge in [0.2, 0.25) is 0 Å². The van der Waals surface area contributed by atoms with E-state index in [0.717, 1.165) is 36.8 Å². The summed E-state index contributed by atoms with van der Waals surface area (Å²) >= 11 is 0. The van der Waals surface area contributed by atoms with Crippen molar-refractivity contribution in [3.8, 4) is 5.75 Å². The van der Waals surface area contributed by atoms with Crippen molar-refractivity contribution in [1.82, 2.24) is 0 Å². The van der Waals surface area contributed by atoms with Crippen LogP contribution in [0.3, 0.4) is 0 Å². The molecule has 0 heterocycles. The summed E-state index contributed by atoms with van der Waals surface area (Å²) in [5, 5.41) is 19.0. The van der Waals surface area contributed by atoms with Gasteiger partial charge in [-0.15, -0.1) is 0 Å². The lowest BCUT2D eigenvalue weighted by Crippen LogP contribution is -2.30. The van der Waals surface area contributed by atoms with Gasteiger partial charge in [0.25, 0.3) is 0 Å². The second-order valence-electron chi connectivity index (χ2n) is 8.29. The minimum atomic E-state index is -1.00. The van der Waals surface area contributed by atoms with Gasteiger partial charge in [0.05, 0.1) is 12.7 Å². The first-order valence-corrected chi connectivity index (χ1v) is 10.9. The van der Waals surface area contributed by atoms with Gasteiger partial charge in [-0.1, -0.05) is 19.1 Å². The molecule has 3 rings (SSSR count). The average molecular weight is 421 g/mol. The van der Waals surface area contributed by atoms with E-state index in [1.54, 1.807) is 6.92 Å². The van der Waals surface area contributed by atoms with E-state index in [-0.39, 0.29) is 31.3 Å². The third kappa shape index (κ3) is 5.25. The third-order valence-corrected chi connectivity index (χ3v) is 6.49. The number of hydrogen-bond acceptors (Lipinski definition) is 6. The zero-order valence-corrected chi connectivity index (χ0v) is 17.7. The summed E-state index contributed by atoms with van der Waals surface area (Å²) in [6.07, 6.45) is 3.31. The first-order valence-electron chi connectivity index (χ1n) is 10.9. The number of fused-ring (bicyclic) bond motifs is 2. The van der Waals surface area contributed by atoms with Crippen LogP contribution in [0.2, 0.25) is 0 Å². The number of aliphatic carboxylic acids is 1. The van der Waals surface area contributed by atoms with Gasteiger partial charge in [-0.25, -0.2) is 9.59 Å². The molecule has 0 bridgehead atoms. The zero-order chi connectivity index (χ0) is 21.7. The van der Waals surface area contributed by atoms with Gasteiger partial charge in [0, 0.05) is 0 Å². The number of benzene rings is 1. The van der Waals surface area contributed by atoms with Crippen LogP contribution in [0.1, 0.15) is 50.7 Å². The lowest BCUT2D eigenvalue weighted by atomic mass is 9.73. The van der Waals surface area contributed by atoms with E-state index in [4.69, 9.17) is 19.3 Å². The van der Waals surface area contributed by atoms with E-state index in [0.29, 0.717) is 30.4 Å². The molecule has 166 valence electrons. The van der Waals surface area contributed by atoms with Crippen LogP contribution in [-0.4, -0.2) is 47.8 Å². The summed E-state index contributed by atoms with van der Waals surface area (Å²) in [7, 11) is 0. The van der Waals surface area contributed by atoms with Crippen LogP contribution in [0.25, 0.3) is 0 Å². The van der Waals surface area contributed by atoms with Crippen molar-refractivity contribution in [3.05, 3.63) is 29.3 Å². The maximum atomic E-state index is 12.0. The molecule has 30 heavy (non-hydrogen) atoms. The smallest absolute Gasteiger partial charge is 0.482 e. The zero-order valence-electron chi connectivity index (χ0n) is 17.7. The Morgan fingerprint density at radius 1 is 1.23 bits per heavy atom. The third-order valence-electron chi connectivity index (χ3n) is 6.49. The van der Waals surface area contributed by atoms with Crippen LogP contribution < -0.4 is 4.74 Å². The second-order valence-corrected chi connectivity index (χ2v) is 8.29. The number of aliphatic hydroxyl groups is 1. The molecule has 0 radical (unpaired) electrons. The maximum absolute atomic E-state index is 12.0. The summed E-state index contributed by atoms with van der Waals surface area (Å²) < 4.78 is 16.2. The Kier molecular flexibility index (Phi) is 7.58. The van der Waals surface area contributed by atoms with Crippen LogP contribution in [-0.2, 0) is 27.1 Å². The normalized spacial score (nSPS) is 25.7. The highest BCUT2D eigenvalue weighted by molar-refractivity contribution is 5.68. The molecule has 0 spiro atoms. The molecular weight excluding hydrogens is 388 g/mol. The Morgan fingerprint density at radius 2 is 2.03 bits per heavy atom. The van der Waals surface area contributed by atoms with E-state index in [9.17, 15) is 14.7 Å². The van der Waals surface area contributed by atoms with Crippen molar-refractivity contribution in [2.45, 2.75) is 64.6 Å². The molecule has 1 aromatic carbocycles. The van der Waals surface area contributed by atoms with Gasteiger partial charge in [0.1, 0.15) is 11.9 Å². The quantitative estimate of drug-likeness (QED) is 0.589. The predicted molar refractivity (Wildman–Crippen MR) is 109 cm³/mol. The van der Waals surface area contributed by atoms with E-state index >= 15 is 0 Å². The molecule has 5 atom stereocenters. The highest BCUT2D eigenvalue weighted by Gasteiger charge is 2.47. The van der Waals surface area contributed by atoms with Crippen molar-refractivity contribution in [3.63, 3.8) is 0 Å². The lowest BCUT2D eigenvalue weighted by molar-refractivity contribution is -0.139. The van der Waals surface area contributed by atoms with Crippen molar-refractivity contribution in [2.24, 2.45) is 17.8 Å². The molecule has 1 aromatic rings. The highest BCUT2D eigenvalue weighted by Crippen LogP contribution is 2.49. The molecule has 7 heteroatoms. The van der Waals surface area contributed by atoms with Gasteiger partial charge in [-0.3, -0.25) is 0 Å². The number of carbonyl (C=O) groups is 2. The Labute approximate surface area is 177 Å². The van der Waals surface area contributed by atoms with E-state index < -0.39 is 12.1 Å². The van der Waals surface area contributed by atoms with Crippen LogP contribution >= 0.6 is 0 Å². The van der Waals surface area contributed by atoms with E-state index in [1.807, 2.05) is 19.1 Å². The number of hydrogen-bond donors (Lipinski definition) is 2. The summed E-state index contributed by atoms with van der Waals surface area (Å²) in [6.45, 7) is 3.62. The topological polar surface area (TPSA) is 102 Å². The molecule has 0 aliphatic heterocycles. The van der Waals surface area contributed by atoms with Crippen LogP contribution in [0, 0.1) is 17.8 Å². The molecule has 7 nitrogen and oxygen atoms in total. The number of carboxylic acid groups (broad SMARTS) is 1. The highest BCUT2D eigenvalue weighted by atomic mass is 16.7. The Morgan fingerprint density at radius 3 is 2.73 bits per heavy atom. The predicted octanol–water partition coefficient (Wildman–Crippen LogP) is 3.59. The van der Waals surface area contributed by atoms with Gasteiger partial charge in [0.15, 0.2) is 6.61 Å². The molecule has 2 aliphatic rings. The second kappa shape index (κ2) is 10.2. The number of carbonyl (C=O) groups excluding carboxylic acids is 1. The lowest BCUT2D eigenvalue weighted by Gasteiger charge is -2.32. The molecule has 0 amide bonds. The SMILES string of the molecule is CCOC(=O)O[C@@H]1C[C@@H]2Cc3c(cccc3OCC(=O)O)C[C@@H]2[C@H]1CC[C@@H](O)CC. The monoisotopic (exact) mass is 420 g/mol. The van der Waals surface area contributed by atoms with Gasteiger partial charge in [-0.05, 0) is 80.4 Å². The molecular formula is C23H32O7. The maximum Gasteiger partial charge on any atom is 0.508 e. The van der Waals surface area contributed by atoms with Crippen molar-refractivity contribution in [2.75, 3.05) is 13.2 Å². The molecule has 0 saturated heterocycles. The van der Waals surface area contributed by atoms with Gasteiger partial charge >= 0.3 is 12.1 Å². The summed E-state index contributed by atoms with van der Waals surface area (Å²) in [6, 6.07) is 5.78. The first-order chi connectivity index (χ1) is 14.4. The molecule has 1 saturated carbocycles. The van der Waals surface area contributed by atoms with E-state index in [2.05, 4.69) is 6.07 Å². The standard InChI is InChI=1S/C23H32O7/c1-3-16(24)8-9-17-18-10-14-6-5-7-20(29-13-22(25)26)19(14)11-15(18)12-21(17)30-23(27)28-4-2/h5-7,15-18,21,24H,3-4,8-13H2,1-2H3,(H,25,26)/t15-,16-,17+,18-,21+/m0/s1. The van der Waals surface area contributed by atoms with E-state index in [1.165, 1.54) is 0 Å². The molecule has 0 aromatic heterocycles. The van der Waals surface area contributed by atoms with Crippen LogP contribution in [0.4, 0.5) is 4.79 Å². The van der Waals surface area contributed by atoms with Crippen molar-refractivity contribution >= 4 is 12.1 Å². The molecule has 2 aliphatic carbocycles. The average Bonchev–Trinajstić information content (AvgIpc) is 3.04. The van der Waals surface area contributed by atoms with Crippen molar-refractivity contribution < 1.29 is 34.0 Å². The van der Waals surface area contributed by atoms with Gasteiger partial charge < -0.3 is 24.4 Å². The van der Waals surface area contributed by atoms with Crippen LogP contribution in [0.15, 0.2) is 18.2 Å². The summed E-state index contributed by atoms with van der Waals surface area (Å²) in [5.41, 5.74) is 2.22. The summed E-state index contributed by atoms with van der Waals surface area (Å²) in [5.74, 6) is 0.448. The van der Waals surface area contributed by atoms with Crippen LogP contribution in [0.5, 0.6) is 5.75 Å². The first kappa shape index (κ1) is 22.4. The number of aliphatic hydroxyl groups excluding tert-OH is 1. The van der Waals surface area contributed by atoms with Gasteiger partial charge in [-0.2, -0.15) is 0 Å². The summed E-state index contributed by atoms with van der Waals surface area (Å²) in [4.78, 5) is 22.9. The fraction of sp³-hybridized carbons (Fsp3) is 0.652. The molecule has 1 fully saturated rings. The Balaban J connectivity index is 1.78. The minimum Gasteiger partial charge on any atom is -0.482 e. The largest absolute Gasteiger partial charge is 0.508 e. The number of ether oxygens (including phenoxy) is 3. The minimum absolute atomic E-state index is 0.164. The van der Waals surface area contributed by atoms with Crippen molar-refractivity contribution in [1.29, 1.82) is 0 Å². The number of carboxylic acids is 1. The molecule has 2 N–H and O–H groups in total. The Bertz CT molecular complexity index is 747. The molecule has 0 unspecified atom stereocenters.